The van der Waals surface area contributed by atoms with Gasteiger partial charge in [0.05, 0.1) is 5.69 Å². The van der Waals surface area contributed by atoms with Gasteiger partial charge < -0.3 is 10.0 Å². The number of amides is 1. The Balaban J connectivity index is 1.64. The van der Waals surface area contributed by atoms with E-state index in [9.17, 15) is 14.3 Å². The van der Waals surface area contributed by atoms with Crippen LogP contribution in [0.2, 0.25) is 0 Å². The quantitative estimate of drug-likeness (QED) is 0.861. The highest BCUT2D eigenvalue weighted by molar-refractivity contribution is 5.86. The third-order valence-corrected chi connectivity index (χ3v) is 4.68. The van der Waals surface area contributed by atoms with E-state index in [0.717, 1.165) is 17.7 Å². The monoisotopic (exact) mass is 357 g/mol. The van der Waals surface area contributed by atoms with Gasteiger partial charge >= 0.3 is 0 Å². The standard InChI is InChI=1S/C20H24FN3O2/c1-23(14-18-5-2-3-11-22-18)15-20(26)10-4-12-24(19(20)25)13-16-6-8-17(21)9-7-16/h2-3,5-9,11,26H,4,10,12-15H2,1H3/t20-/m0/s1. The molecule has 0 aliphatic carbocycles. The van der Waals surface area contributed by atoms with E-state index in [1.54, 1.807) is 23.2 Å². The zero-order valence-corrected chi connectivity index (χ0v) is 14.9. The summed E-state index contributed by atoms with van der Waals surface area (Å²) in [5.74, 6) is -0.563. The molecule has 2 aromatic rings. The maximum atomic E-state index is 13.1. The van der Waals surface area contributed by atoms with E-state index in [-0.39, 0.29) is 18.3 Å². The van der Waals surface area contributed by atoms with Crippen LogP contribution in [0.4, 0.5) is 4.39 Å². The van der Waals surface area contributed by atoms with E-state index >= 15 is 0 Å². The molecule has 0 spiro atoms. The maximum Gasteiger partial charge on any atom is 0.256 e. The summed E-state index contributed by atoms with van der Waals surface area (Å²) in [6.45, 7) is 1.80. The Morgan fingerprint density at radius 3 is 2.73 bits per heavy atom. The number of likely N-dealkylation sites (N-methyl/N-ethyl adjacent to an activating group) is 1. The van der Waals surface area contributed by atoms with Crippen LogP contribution in [0.15, 0.2) is 48.7 Å². The largest absolute Gasteiger partial charge is 0.379 e. The lowest BCUT2D eigenvalue weighted by Crippen LogP contribution is -2.57. The lowest BCUT2D eigenvalue weighted by atomic mass is 9.90. The first-order chi connectivity index (χ1) is 12.5. The number of pyridine rings is 1. The number of piperidine rings is 1. The van der Waals surface area contributed by atoms with Crippen molar-refractivity contribution in [1.29, 1.82) is 0 Å². The van der Waals surface area contributed by atoms with Gasteiger partial charge in [-0.05, 0) is 49.7 Å². The van der Waals surface area contributed by atoms with Crippen molar-refractivity contribution >= 4 is 5.91 Å². The first kappa shape index (κ1) is 18.5. The van der Waals surface area contributed by atoms with Crippen LogP contribution in [-0.4, -0.2) is 51.5 Å². The minimum Gasteiger partial charge on any atom is -0.379 e. The van der Waals surface area contributed by atoms with E-state index in [2.05, 4.69) is 4.98 Å². The van der Waals surface area contributed by atoms with Gasteiger partial charge in [-0.1, -0.05) is 18.2 Å². The van der Waals surface area contributed by atoms with Crippen molar-refractivity contribution in [2.45, 2.75) is 31.5 Å². The molecular formula is C20H24FN3O2. The molecule has 6 heteroatoms. The normalized spacial score (nSPS) is 20.6. The molecule has 0 saturated carbocycles. The fourth-order valence-corrected chi connectivity index (χ4v) is 3.44. The first-order valence-corrected chi connectivity index (χ1v) is 8.81. The molecule has 26 heavy (non-hydrogen) atoms. The van der Waals surface area contributed by atoms with E-state index in [1.807, 2.05) is 30.1 Å². The molecule has 1 aromatic carbocycles. The number of halogens is 1. The molecule has 1 aliphatic rings. The SMILES string of the molecule is CN(Cc1ccccn1)C[C@@]1(O)CCCN(Cc2ccc(F)cc2)C1=O. The number of benzene rings is 1. The van der Waals surface area contributed by atoms with Gasteiger partial charge in [0.15, 0.2) is 5.60 Å². The van der Waals surface area contributed by atoms with Crippen molar-refractivity contribution in [2.75, 3.05) is 20.1 Å². The molecule has 1 aromatic heterocycles. The second kappa shape index (κ2) is 7.93. The summed E-state index contributed by atoms with van der Waals surface area (Å²) in [6.07, 6.45) is 2.91. The van der Waals surface area contributed by atoms with Gasteiger partial charge in [0.1, 0.15) is 5.82 Å². The Hall–Kier alpha value is -2.31. The number of carbonyl (C=O) groups excluding carboxylic acids is 1. The summed E-state index contributed by atoms with van der Waals surface area (Å²) in [5, 5.41) is 11.0. The molecule has 1 amide bonds. The number of hydrogen-bond acceptors (Lipinski definition) is 4. The van der Waals surface area contributed by atoms with Crippen molar-refractivity contribution < 1.29 is 14.3 Å². The van der Waals surface area contributed by atoms with Gasteiger partial charge in [-0.3, -0.25) is 14.7 Å². The van der Waals surface area contributed by atoms with Crippen LogP contribution < -0.4 is 0 Å². The van der Waals surface area contributed by atoms with Crippen molar-refractivity contribution in [3.05, 3.63) is 65.7 Å². The Labute approximate surface area is 153 Å². The molecule has 0 bridgehead atoms. The average molecular weight is 357 g/mol. The summed E-state index contributed by atoms with van der Waals surface area (Å²) >= 11 is 0. The van der Waals surface area contributed by atoms with E-state index < -0.39 is 5.60 Å². The van der Waals surface area contributed by atoms with Crippen LogP contribution in [0.5, 0.6) is 0 Å². The minimum absolute atomic E-state index is 0.252. The van der Waals surface area contributed by atoms with Crippen LogP contribution in [0.3, 0.4) is 0 Å². The molecule has 1 aliphatic heterocycles. The van der Waals surface area contributed by atoms with Crippen LogP contribution in [0.25, 0.3) is 0 Å². The Morgan fingerprint density at radius 1 is 1.27 bits per heavy atom. The fraction of sp³-hybridized carbons (Fsp3) is 0.400. The predicted octanol–water partition coefficient (Wildman–Crippen LogP) is 2.21. The van der Waals surface area contributed by atoms with Crippen molar-refractivity contribution in [2.24, 2.45) is 0 Å². The number of aromatic nitrogens is 1. The highest BCUT2D eigenvalue weighted by atomic mass is 19.1. The molecule has 0 radical (unpaired) electrons. The lowest BCUT2D eigenvalue weighted by molar-refractivity contribution is -0.160. The van der Waals surface area contributed by atoms with Gasteiger partial charge in [0.2, 0.25) is 0 Å². The minimum atomic E-state index is -1.40. The molecule has 1 atom stereocenters. The van der Waals surface area contributed by atoms with Gasteiger partial charge in [-0.15, -0.1) is 0 Å². The molecule has 2 heterocycles. The molecule has 138 valence electrons. The van der Waals surface area contributed by atoms with Crippen LogP contribution in [0.1, 0.15) is 24.1 Å². The molecule has 5 nitrogen and oxygen atoms in total. The molecule has 1 fully saturated rings. The third-order valence-electron chi connectivity index (χ3n) is 4.68. The summed E-state index contributed by atoms with van der Waals surface area (Å²) in [4.78, 5) is 20.7. The Morgan fingerprint density at radius 2 is 2.04 bits per heavy atom. The lowest BCUT2D eigenvalue weighted by Gasteiger charge is -2.40. The fourth-order valence-electron chi connectivity index (χ4n) is 3.44. The first-order valence-electron chi connectivity index (χ1n) is 8.81. The smallest absolute Gasteiger partial charge is 0.256 e. The second-order valence-corrected chi connectivity index (χ2v) is 6.98. The molecule has 1 N–H and O–H groups in total. The Kier molecular flexibility index (Phi) is 5.64. The number of likely N-dealkylation sites (tertiary alicyclic amines) is 1. The van der Waals surface area contributed by atoms with Gasteiger partial charge in [-0.2, -0.15) is 0 Å². The average Bonchev–Trinajstić information content (AvgIpc) is 2.62. The number of rotatable bonds is 6. The Bertz CT molecular complexity index is 738. The van der Waals surface area contributed by atoms with Crippen molar-refractivity contribution in [1.82, 2.24) is 14.8 Å². The predicted molar refractivity (Wildman–Crippen MR) is 96.6 cm³/mol. The number of nitrogens with zero attached hydrogens (tertiary/aromatic N) is 3. The van der Waals surface area contributed by atoms with Gasteiger partial charge in [-0.25, -0.2) is 4.39 Å². The van der Waals surface area contributed by atoms with Crippen LogP contribution >= 0.6 is 0 Å². The number of carbonyl (C=O) groups is 1. The highest BCUT2D eigenvalue weighted by Gasteiger charge is 2.42. The maximum absolute atomic E-state index is 13.1. The molecule has 0 unspecified atom stereocenters. The zero-order chi connectivity index (χ0) is 18.6. The van der Waals surface area contributed by atoms with Gasteiger partial charge in [0, 0.05) is 32.4 Å². The van der Waals surface area contributed by atoms with Crippen molar-refractivity contribution in [3.63, 3.8) is 0 Å². The van der Waals surface area contributed by atoms with Crippen LogP contribution in [-0.2, 0) is 17.9 Å². The zero-order valence-electron chi connectivity index (χ0n) is 14.9. The van der Waals surface area contributed by atoms with E-state index in [4.69, 9.17) is 0 Å². The highest BCUT2D eigenvalue weighted by Crippen LogP contribution is 2.25. The summed E-state index contributed by atoms with van der Waals surface area (Å²) < 4.78 is 13.1. The van der Waals surface area contributed by atoms with Crippen molar-refractivity contribution in [3.8, 4) is 0 Å². The second-order valence-electron chi connectivity index (χ2n) is 6.98. The summed E-state index contributed by atoms with van der Waals surface area (Å²) in [6, 6.07) is 11.8. The topological polar surface area (TPSA) is 56.7 Å². The molecule has 3 rings (SSSR count). The summed E-state index contributed by atoms with van der Waals surface area (Å²) in [7, 11) is 1.87. The van der Waals surface area contributed by atoms with E-state index in [0.29, 0.717) is 26.1 Å². The van der Waals surface area contributed by atoms with Crippen LogP contribution in [0, 0.1) is 5.82 Å². The molecule has 1 saturated heterocycles. The third kappa shape index (κ3) is 4.45. The molecular weight excluding hydrogens is 333 g/mol. The number of hydrogen-bond donors (Lipinski definition) is 1. The van der Waals surface area contributed by atoms with E-state index in [1.165, 1.54) is 12.1 Å². The van der Waals surface area contributed by atoms with Gasteiger partial charge in [0.25, 0.3) is 5.91 Å². The summed E-state index contributed by atoms with van der Waals surface area (Å²) in [5.41, 5.74) is 0.345. The number of aliphatic hydroxyl groups is 1.